The molecular formula is C21H26N4O5. The van der Waals surface area contributed by atoms with Crippen LogP contribution in [0.25, 0.3) is 0 Å². The first-order valence-corrected chi connectivity index (χ1v) is 10.4. The summed E-state index contributed by atoms with van der Waals surface area (Å²) in [5.74, 6) is -1.97. The lowest BCUT2D eigenvalue weighted by Gasteiger charge is -2.36. The third kappa shape index (κ3) is 3.95. The van der Waals surface area contributed by atoms with Crippen LogP contribution in [-0.4, -0.2) is 66.9 Å². The van der Waals surface area contributed by atoms with Gasteiger partial charge in [0.1, 0.15) is 6.04 Å². The van der Waals surface area contributed by atoms with Crippen LogP contribution in [0.15, 0.2) is 18.2 Å². The van der Waals surface area contributed by atoms with Gasteiger partial charge in [-0.05, 0) is 57.5 Å². The minimum absolute atomic E-state index is 0.108. The van der Waals surface area contributed by atoms with E-state index in [-0.39, 0.29) is 42.0 Å². The molecule has 1 aromatic rings. The summed E-state index contributed by atoms with van der Waals surface area (Å²) in [5.41, 5.74) is 1.34. The number of fused-ring (bicyclic) bond motifs is 1. The fourth-order valence-electron chi connectivity index (χ4n) is 4.12. The van der Waals surface area contributed by atoms with Crippen molar-refractivity contribution in [3.8, 4) is 0 Å². The number of ether oxygens (including phenoxy) is 1. The van der Waals surface area contributed by atoms with Gasteiger partial charge in [-0.25, -0.2) is 0 Å². The molecule has 1 unspecified atom stereocenters. The summed E-state index contributed by atoms with van der Waals surface area (Å²) in [4.78, 5) is 50.1. The van der Waals surface area contributed by atoms with Gasteiger partial charge in [0.2, 0.25) is 11.8 Å². The number of hydrogen-bond donors (Lipinski definition) is 3. The maximum Gasteiger partial charge on any atom is 0.262 e. The lowest BCUT2D eigenvalue weighted by molar-refractivity contribution is -0.136. The van der Waals surface area contributed by atoms with Crippen molar-refractivity contribution >= 4 is 29.3 Å². The molecule has 1 saturated carbocycles. The van der Waals surface area contributed by atoms with Crippen molar-refractivity contribution in [2.24, 2.45) is 0 Å². The average Bonchev–Trinajstić information content (AvgIpc) is 2.93. The predicted octanol–water partition coefficient (Wildman–Crippen LogP) is 0.657. The molecule has 0 aromatic heterocycles. The van der Waals surface area contributed by atoms with Crippen molar-refractivity contribution in [3.05, 3.63) is 29.3 Å². The zero-order valence-corrected chi connectivity index (χ0v) is 16.9. The number of carbonyl (C=O) groups is 4. The Morgan fingerprint density at radius 2 is 1.90 bits per heavy atom. The van der Waals surface area contributed by atoms with Gasteiger partial charge in [-0.3, -0.25) is 29.4 Å². The van der Waals surface area contributed by atoms with Crippen molar-refractivity contribution < 1.29 is 23.9 Å². The number of amides is 4. The summed E-state index contributed by atoms with van der Waals surface area (Å²) in [6, 6.07) is 4.38. The summed E-state index contributed by atoms with van der Waals surface area (Å²) >= 11 is 0. The van der Waals surface area contributed by atoms with E-state index in [1.54, 1.807) is 18.2 Å². The van der Waals surface area contributed by atoms with Crippen LogP contribution in [0.3, 0.4) is 0 Å². The summed E-state index contributed by atoms with van der Waals surface area (Å²) in [6.07, 6.45) is 3.28. The van der Waals surface area contributed by atoms with Gasteiger partial charge in [-0.2, -0.15) is 0 Å². The van der Waals surface area contributed by atoms with Crippen LogP contribution in [-0.2, 0) is 14.3 Å². The van der Waals surface area contributed by atoms with Gasteiger partial charge in [-0.15, -0.1) is 0 Å². The van der Waals surface area contributed by atoms with Crippen molar-refractivity contribution in [1.82, 2.24) is 15.5 Å². The molecule has 0 bridgehead atoms. The Labute approximate surface area is 174 Å². The summed E-state index contributed by atoms with van der Waals surface area (Å²) in [6.45, 7) is 1.68. The molecule has 1 aliphatic carbocycles. The molecule has 2 aliphatic heterocycles. The molecule has 0 spiro atoms. The minimum Gasteiger partial charge on any atom is -0.382 e. The molecule has 1 atom stereocenters. The van der Waals surface area contributed by atoms with Gasteiger partial charge in [-0.1, -0.05) is 0 Å². The molecule has 2 fully saturated rings. The van der Waals surface area contributed by atoms with E-state index in [0.29, 0.717) is 0 Å². The molecule has 1 saturated heterocycles. The van der Waals surface area contributed by atoms with E-state index in [4.69, 9.17) is 4.74 Å². The van der Waals surface area contributed by atoms with Crippen LogP contribution in [0.1, 0.15) is 52.8 Å². The van der Waals surface area contributed by atoms with Crippen LogP contribution in [0.5, 0.6) is 0 Å². The molecule has 4 rings (SSSR count). The second-order valence-corrected chi connectivity index (χ2v) is 7.97. The Hall–Kier alpha value is -2.78. The monoisotopic (exact) mass is 414 g/mol. The van der Waals surface area contributed by atoms with Gasteiger partial charge in [0.15, 0.2) is 0 Å². The fraction of sp³-hybridized carbons (Fsp3) is 0.524. The summed E-state index contributed by atoms with van der Waals surface area (Å²) in [7, 11) is 1.92. The second kappa shape index (κ2) is 8.53. The van der Waals surface area contributed by atoms with Gasteiger partial charge in [0, 0.05) is 24.8 Å². The Balaban J connectivity index is 1.36. The zero-order valence-electron chi connectivity index (χ0n) is 16.9. The molecular weight excluding hydrogens is 388 g/mol. The quantitative estimate of drug-likeness (QED) is 0.423. The molecule has 9 heteroatoms. The maximum atomic E-state index is 12.9. The number of nitrogens with zero attached hydrogens (tertiary/aromatic N) is 1. The highest BCUT2D eigenvalue weighted by Crippen LogP contribution is 2.32. The Morgan fingerprint density at radius 3 is 2.63 bits per heavy atom. The van der Waals surface area contributed by atoms with Crippen LogP contribution < -0.4 is 16.0 Å². The van der Waals surface area contributed by atoms with E-state index in [2.05, 4.69) is 16.0 Å². The molecule has 0 radical (unpaired) electrons. The Bertz CT molecular complexity index is 880. The second-order valence-electron chi connectivity index (χ2n) is 7.97. The van der Waals surface area contributed by atoms with Crippen molar-refractivity contribution in [2.45, 2.75) is 50.3 Å². The summed E-state index contributed by atoms with van der Waals surface area (Å²) in [5, 5.41) is 8.68. The molecule has 3 aliphatic rings. The smallest absolute Gasteiger partial charge is 0.262 e. The van der Waals surface area contributed by atoms with Crippen molar-refractivity contribution in [2.75, 3.05) is 25.5 Å². The lowest BCUT2D eigenvalue weighted by atomic mass is 9.89. The number of hydrogen-bond acceptors (Lipinski definition) is 7. The standard InChI is InChI=1S/C21H26N4O5/c1-22-7-2-8-30-14-9-13(10-14)23-12-3-4-15-16(11-12)21(29)25(20(15)28)17-5-6-18(26)24-19(17)27/h3-4,11,13-14,17,22-23H,2,5-10H2,1H3,(H,24,26,27). The molecule has 2 heterocycles. The third-order valence-corrected chi connectivity index (χ3v) is 5.83. The number of carbonyl (C=O) groups excluding carboxylic acids is 4. The van der Waals surface area contributed by atoms with Gasteiger partial charge >= 0.3 is 0 Å². The zero-order chi connectivity index (χ0) is 21.3. The first-order chi connectivity index (χ1) is 14.5. The van der Waals surface area contributed by atoms with E-state index in [9.17, 15) is 19.2 Å². The van der Waals surface area contributed by atoms with Gasteiger partial charge in [0.25, 0.3) is 11.8 Å². The van der Waals surface area contributed by atoms with Crippen LogP contribution in [0, 0.1) is 0 Å². The molecule has 4 amide bonds. The number of nitrogens with one attached hydrogen (secondary N) is 3. The number of rotatable bonds is 8. The molecule has 9 nitrogen and oxygen atoms in total. The van der Waals surface area contributed by atoms with Crippen LogP contribution in [0.4, 0.5) is 5.69 Å². The molecule has 1 aromatic carbocycles. The van der Waals surface area contributed by atoms with E-state index in [1.165, 1.54) is 0 Å². The first-order valence-electron chi connectivity index (χ1n) is 10.4. The Kier molecular flexibility index (Phi) is 5.83. The highest BCUT2D eigenvalue weighted by Gasteiger charge is 2.44. The van der Waals surface area contributed by atoms with Crippen molar-refractivity contribution in [1.29, 1.82) is 0 Å². The lowest BCUT2D eigenvalue weighted by Crippen LogP contribution is -2.54. The predicted molar refractivity (Wildman–Crippen MR) is 108 cm³/mol. The SMILES string of the molecule is CNCCCOC1CC(Nc2ccc3c(c2)C(=O)N(C2CCC(=O)NC2=O)C3=O)C1. The number of piperidine rings is 1. The van der Waals surface area contributed by atoms with Crippen LogP contribution >= 0.6 is 0 Å². The van der Waals surface area contributed by atoms with E-state index >= 15 is 0 Å². The third-order valence-electron chi connectivity index (χ3n) is 5.83. The number of imide groups is 2. The van der Waals surface area contributed by atoms with E-state index < -0.39 is 23.8 Å². The maximum absolute atomic E-state index is 12.9. The van der Waals surface area contributed by atoms with Gasteiger partial charge < -0.3 is 15.4 Å². The Morgan fingerprint density at radius 1 is 1.13 bits per heavy atom. The molecule has 160 valence electrons. The summed E-state index contributed by atoms with van der Waals surface area (Å²) < 4.78 is 5.80. The highest BCUT2D eigenvalue weighted by atomic mass is 16.5. The van der Waals surface area contributed by atoms with Crippen molar-refractivity contribution in [3.63, 3.8) is 0 Å². The van der Waals surface area contributed by atoms with E-state index in [1.807, 2.05) is 7.05 Å². The van der Waals surface area contributed by atoms with Gasteiger partial charge in [0.05, 0.1) is 17.2 Å². The average molecular weight is 414 g/mol. The largest absolute Gasteiger partial charge is 0.382 e. The fourth-order valence-corrected chi connectivity index (χ4v) is 4.12. The highest BCUT2D eigenvalue weighted by molar-refractivity contribution is 6.23. The minimum atomic E-state index is -0.945. The topological polar surface area (TPSA) is 117 Å². The number of anilines is 1. The number of benzene rings is 1. The normalized spacial score (nSPS) is 25.8. The molecule has 3 N–H and O–H groups in total. The first kappa shape index (κ1) is 20.5. The van der Waals surface area contributed by atoms with E-state index in [0.717, 1.165) is 43.0 Å². The molecule has 30 heavy (non-hydrogen) atoms. The van der Waals surface area contributed by atoms with Crippen LogP contribution in [0.2, 0.25) is 0 Å².